The summed E-state index contributed by atoms with van der Waals surface area (Å²) in [5.41, 5.74) is 16.7. The van der Waals surface area contributed by atoms with Crippen molar-refractivity contribution in [3.63, 3.8) is 0 Å². The van der Waals surface area contributed by atoms with Crippen molar-refractivity contribution < 1.29 is 0 Å². The number of rotatable bonds is 5. The maximum atomic E-state index is 4.96. The van der Waals surface area contributed by atoms with Gasteiger partial charge in [-0.1, -0.05) is 140 Å². The van der Waals surface area contributed by atoms with E-state index in [0.717, 1.165) is 29.0 Å². The van der Waals surface area contributed by atoms with Crippen molar-refractivity contribution in [3.8, 4) is 27.9 Å². The lowest BCUT2D eigenvalue weighted by Gasteiger charge is -2.29. The normalized spacial score (nSPS) is 16.3. The van der Waals surface area contributed by atoms with Crippen molar-refractivity contribution in [3.05, 3.63) is 204 Å². The predicted octanol–water partition coefficient (Wildman–Crippen LogP) is 12.3. The summed E-state index contributed by atoms with van der Waals surface area (Å²) >= 11 is 0. The molecule has 2 nitrogen and oxygen atoms in total. The summed E-state index contributed by atoms with van der Waals surface area (Å²) < 4.78 is 2.44. The Morgan fingerprint density at radius 2 is 1.40 bits per heavy atom. The van der Waals surface area contributed by atoms with Gasteiger partial charge < -0.3 is 4.57 Å². The highest BCUT2D eigenvalue weighted by atomic mass is 15.0. The monoisotopic (exact) mass is 640 g/mol. The summed E-state index contributed by atoms with van der Waals surface area (Å²) in [6, 6.07) is 51.3. The molecule has 7 aromatic rings. The number of hydrogen-bond donors (Lipinski definition) is 0. The molecule has 2 heteroatoms. The van der Waals surface area contributed by atoms with E-state index in [-0.39, 0.29) is 5.92 Å². The Balaban J connectivity index is 1.17. The van der Waals surface area contributed by atoms with Crippen LogP contribution in [0.25, 0.3) is 55.4 Å². The van der Waals surface area contributed by atoms with Gasteiger partial charge in [-0.15, -0.1) is 0 Å². The van der Waals surface area contributed by atoms with E-state index in [1.807, 2.05) is 31.2 Å². The van der Waals surface area contributed by atoms with Crippen LogP contribution in [0.1, 0.15) is 35.1 Å². The molecule has 0 amide bonds. The van der Waals surface area contributed by atoms with Crippen LogP contribution in [0.15, 0.2) is 187 Å². The SMILES string of the molecule is C=C1C=CC=CC1=N/C(=C\C)c1ccc(C2Cc3ccccc3-c3cc4c(cc32)c2ccccc2n4-c2ccc(-c3ccccc3)cc2)cc1. The second-order valence-electron chi connectivity index (χ2n) is 13.2. The van der Waals surface area contributed by atoms with Crippen molar-refractivity contribution in [1.29, 1.82) is 0 Å². The van der Waals surface area contributed by atoms with E-state index in [9.17, 15) is 0 Å². The topological polar surface area (TPSA) is 17.3 Å². The molecule has 0 saturated heterocycles. The first-order valence-electron chi connectivity index (χ1n) is 17.4. The van der Waals surface area contributed by atoms with E-state index in [4.69, 9.17) is 4.99 Å². The Morgan fingerprint density at radius 3 is 2.20 bits per heavy atom. The number of aromatic nitrogens is 1. The van der Waals surface area contributed by atoms with Gasteiger partial charge in [0.05, 0.1) is 22.4 Å². The van der Waals surface area contributed by atoms with Gasteiger partial charge in [0.2, 0.25) is 0 Å². The summed E-state index contributed by atoms with van der Waals surface area (Å²) in [5.74, 6) is 0.234. The summed E-state index contributed by atoms with van der Waals surface area (Å²) in [6.07, 6.45) is 11.1. The molecule has 0 bridgehead atoms. The number of aliphatic imine (C=N–C) groups is 1. The smallest absolute Gasteiger partial charge is 0.0703 e. The van der Waals surface area contributed by atoms with E-state index in [1.54, 1.807) is 0 Å². The fraction of sp³-hybridized carbons (Fsp3) is 0.0625. The van der Waals surface area contributed by atoms with Crippen molar-refractivity contribution >= 4 is 33.2 Å². The van der Waals surface area contributed by atoms with E-state index in [2.05, 4.69) is 157 Å². The Hall–Kier alpha value is -6.25. The molecule has 0 aliphatic heterocycles. The molecule has 0 N–H and O–H groups in total. The number of allylic oxidation sites excluding steroid dienone is 6. The third-order valence-corrected chi connectivity index (χ3v) is 10.3. The first kappa shape index (κ1) is 29.9. The molecular formula is C48H36N2. The van der Waals surface area contributed by atoms with Crippen LogP contribution in [-0.2, 0) is 6.42 Å². The van der Waals surface area contributed by atoms with Crippen molar-refractivity contribution in [2.24, 2.45) is 4.99 Å². The van der Waals surface area contributed by atoms with Crippen LogP contribution in [0.4, 0.5) is 0 Å². The lowest BCUT2D eigenvalue weighted by molar-refractivity contribution is 0.795. The maximum Gasteiger partial charge on any atom is 0.0703 e. The molecule has 2 aliphatic rings. The fourth-order valence-corrected chi connectivity index (χ4v) is 7.79. The maximum absolute atomic E-state index is 4.96. The summed E-state index contributed by atoms with van der Waals surface area (Å²) in [4.78, 5) is 4.96. The molecule has 9 rings (SSSR count). The molecule has 0 radical (unpaired) electrons. The van der Waals surface area contributed by atoms with Crippen molar-refractivity contribution in [2.45, 2.75) is 19.3 Å². The van der Waals surface area contributed by atoms with Gasteiger partial charge in [0, 0.05) is 22.4 Å². The largest absolute Gasteiger partial charge is 0.309 e. The quantitative estimate of drug-likeness (QED) is 0.178. The first-order chi connectivity index (χ1) is 24.7. The zero-order chi connectivity index (χ0) is 33.6. The van der Waals surface area contributed by atoms with Crippen molar-refractivity contribution in [2.75, 3.05) is 0 Å². The van der Waals surface area contributed by atoms with Crippen LogP contribution in [0.2, 0.25) is 0 Å². The summed E-state index contributed by atoms with van der Waals surface area (Å²) in [5, 5.41) is 2.56. The number of nitrogens with zero attached hydrogens (tertiary/aromatic N) is 2. The molecule has 0 spiro atoms. The molecule has 1 atom stereocenters. The Morgan fingerprint density at radius 1 is 0.680 bits per heavy atom. The zero-order valence-corrected chi connectivity index (χ0v) is 28.1. The molecular weight excluding hydrogens is 605 g/mol. The van der Waals surface area contributed by atoms with Gasteiger partial charge in [-0.25, -0.2) is 4.99 Å². The molecule has 0 fully saturated rings. The highest BCUT2D eigenvalue weighted by molar-refractivity contribution is 6.13. The second kappa shape index (κ2) is 12.3. The van der Waals surface area contributed by atoms with Crippen LogP contribution >= 0.6 is 0 Å². The van der Waals surface area contributed by atoms with Crippen LogP contribution < -0.4 is 0 Å². The Bertz CT molecular complexity index is 2550. The van der Waals surface area contributed by atoms with E-state index >= 15 is 0 Å². The second-order valence-corrected chi connectivity index (χ2v) is 13.2. The van der Waals surface area contributed by atoms with Gasteiger partial charge in [0.25, 0.3) is 0 Å². The van der Waals surface area contributed by atoms with Gasteiger partial charge in [0.15, 0.2) is 0 Å². The number of benzene rings is 6. The van der Waals surface area contributed by atoms with Crippen LogP contribution in [0.5, 0.6) is 0 Å². The van der Waals surface area contributed by atoms with Gasteiger partial charge in [-0.05, 0) is 99.8 Å². The minimum Gasteiger partial charge on any atom is -0.309 e. The van der Waals surface area contributed by atoms with Gasteiger partial charge >= 0.3 is 0 Å². The molecule has 2 aliphatic carbocycles. The lowest BCUT2D eigenvalue weighted by Crippen LogP contribution is -2.13. The fourth-order valence-electron chi connectivity index (χ4n) is 7.79. The van der Waals surface area contributed by atoms with Crippen LogP contribution in [0.3, 0.4) is 0 Å². The summed E-state index contributed by atoms with van der Waals surface area (Å²) in [6.45, 7) is 6.22. The standard InChI is InChI=1S/C48H36N2/c1-3-45(49-46-19-11-7-13-32(46)2)36-23-21-35(22-24-36)41-29-37-16-8-9-17-39(37)43-31-48-44(30-42(41)43)40-18-10-12-20-47(40)50(48)38-27-25-34(26-28-38)33-14-5-4-6-15-33/h3-28,30-31,41H,2,29H2,1H3/b45-3-,49-46?. The van der Waals surface area contributed by atoms with E-state index < -0.39 is 0 Å². The van der Waals surface area contributed by atoms with Crippen LogP contribution in [-0.4, -0.2) is 10.3 Å². The van der Waals surface area contributed by atoms with Gasteiger partial charge in [-0.3, -0.25) is 0 Å². The average molecular weight is 641 g/mol. The molecule has 1 heterocycles. The highest BCUT2D eigenvalue weighted by Gasteiger charge is 2.28. The predicted molar refractivity (Wildman–Crippen MR) is 212 cm³/mol. The molecule has 0 saturated carbocycles. The van der Waals surface area contributed by atoms with Gasteiger partial charge in [-0.2, -0.15) is 0 Å². The van der Waals surface area contributed by atoms with Gasteiger partial charge in [0.1, 0.15) is 0 Å². The minimum atomic E-state index is 0.234. The van der Waals surface area contributed by atoms with E-state index in [0.29, 0.717) is 0 Å². The number of fused-ring (bicyclic) bond motifs is 6. The van der Waals surface area contributed by atoms with Crippen molar-refractivity contribution in [1.82, 2.24) is 4.57 Å². The Kier molecular flexibility index (Phi) is 7.36. The Labute approximate surface area is 293 Å². The molecule has 6 aromatic carbocycles. The molecule has 238 valence electrons. The minimum absolute atomic E-state index is 0.234. The highest BCUT2D eigenvalue weighted by Crippen LogP contribution is 2.46. The molecule has 50 heavy (non-hydrogen) atoms. The van der Waals surface area contributed by atoms with Crippen LogP contribution in [0, 0.1) is 0 Å². The van der Waals surface area contributed by atoms with E-state index in [1.165, 1.54) is 66.4 Å². The summed E-state index contributed by atoms with van der Waals surface area (Å²) in [7, 11) is 0. The molecule has 1 aromatic heterocycles. The lowest BCUT2D eigenvalue weighted by atomic mass is 9.75. The third kappa shape index (κ3) is 5.09. The number of hydrogen-bond acceptors (Lipinski definition) is 1. The molecule has 1 unspecified atom stereocenters. The first-order valence-corrected chi connectivity index (χ1v) is 17.4. The third-order valence-electron chi connectivity index (χ3n) is 10.3. The number of para-hydroxylation sites is 1. The zero-order valence-electron chi connectivity index (χ0n) is 28.1. The average Bonchev–Trinajstić information content (AvgIpc) is 3.50.